The van der Waals surface area contributed by atoms with Crippen molar-refractivity contribution in [2.75, 3.05) is 38.2 Å². The van der Waals surface area contributed by atoms with Crippen molar-refractivity contribution in [3.8, 4) is 17.0 Å². The van der Waals surface area contributed by atoms with E-state index in [0.717, 1.165) is 22.8 Å². The number of hydrogen-bond donors (Lipinski definition) is 0. The van der Waals surface area contributed by atoms with Gasteiger partial charge in [-0.25, -0.2) is 9.97 Å². The number of anilines is 1. The molecule has 0 bridgehead atoms. The van der Waals surface area contributed by atoms with Gasteiger partial charge in [0.25, 0.3) is 5.91 Å². The molecule has 1 amide bonds. The Labute approximate surface area is 185 Å². The predicted molar refractivity (Wildman–Crippen MR) is 119 cm³/mol. The van der Waals surface area contributed by atoms with Gasteiger partial charge in [-0.3, -0.25) is 4.79 Å². The van der Waals surface area contributed by atoms with Crippen molar-refractivity contribution >= 4 is 34.9 Å². The number of aromatic nitrogens is 2. The maximum absolute atomic E-state index is 12.8. The monoisotopic (exact) mass is 442 g/mol. The molecule has 0 aliphatic carbocycles. The number of piperazine rings is 1. The van der Waals surface area contributed by atoms with Crippen LogP contribution in [-0.4, -0.2) is 54.1 Å². The molecular formula is C22H20Cl2N4O2. The zero-order valence-electron chi connectivity index (χ0n) is 16.4. The Kier molecular flexibility index (Phi) is 6.06. The van der Waals surface area contributed by atoms with Gasteiger partial charge in [0.1, 0.15) is 17.9 Å². The van der Waals surface area contributed by atoms with E-state index in [0.29, 0.717) is 41.8 Å². The molecule has 30 heavy (non-hydrogen) atoms. The van der Waals surface area contributed by atoms with Gasteiger partial charge in [0.05, 0.1) is 22.8 Å². The lowest BCUT2D eigenvalue weighted by Crippen LogP contribution is -2.49. The minimum atomic E-state index is -0.0465. The Morgan fingerprint density at radius 3 is 2.33 bits per heavy atom. The molecule has 0 radical (unpaired) electrons. The van der Waals surface area contributed by atoms with E-state index in [-0.39, 0.29) is 5.91 Å². The van der Waals surface area contributed by atoms with Gasteiger partial charge < -0.3 is 14.5 Å². The molecule has 2 heterocycles. The molecule has 1 aliphatic heterocycles. The zero-order chi connectivity index (χ0) is 21.1. The second-order valence-corrected chi connectivity index (χ2v) is 7.71. The van der Waals surface area contributed by atoms with E-state index in [1.165, 1.54) is 0 Å². The van der Waals surface area contributed by atoms with Gasteiger partial charge in [-0.1, -0.05) is 23.2 Å². The van der Waals surface area contributed by atoms with E-state index in [9.17, 15) is 4.79 Å². The Morgan fingerprint density at radius 1 is 0.933 bits per heavy atom. The van der Waals surface area contributed by atoms with E-state index in [4.69, 9.17) is 27.9 Å². The number of carbonyl (C=O) groups excluding carboxylic acids is 1. The third kappa shape index (κ3) is 4.35. The first kappa shape index (κ1) is 20.4. The number of carbonyl (C=O) groups is 1. The average Bonchev–Trinajstić information content (AvgIpc) is 2.80. The molecule has 8 heteroatoms. The van der Waals surface area contributed by atoms with Gasteiger partial charge in [-0.15, -0.1) is 0 Å². The van der Waals surface area contributed by atoms with Crippen LogP contribution in [0, 0.1) is 0 Å². The first-order chi connectivity index (χ1) is 14.5. The van der Waals surface area contributed by atoms with Gasteiger partial charge in [0, 0.05) is 43.4 Å². The maximum Gasteiger partial charge on any atom is 0.254 e. The summed E-state index contributed by atoms with van der Waals surface area (Å²) in [5.41, 5.74) is 2.38. The first-order valence-electron chi connectivity index (χ1n) is 9.51. The van der Waals surface area contributed by atoms with Crippen LogP contribution in [0.2, 0.25) is 10.0 Å². The average molecular weight is 443 g/mol. The summed E-state index contributed by atoms with van der Waals surface area (Å²) < 4.78 is 5.21. The Balaban J connectivity index is 1.43. The molecule has 1 aromatic heterocycles. The van der Waals surface area contributed by atoms with Crippen LogP contribution < -0.4 is 9.64 Å². The van der Waals surface area contributed by atoms with E-state index in [1.807, 2.05) is 35.2 Å². The SMILES string of the molecule is COc1ccc(-c2cc(N3CCN(C(=O)c4ccc(Cl)c(Cl)c4)CC3)ncn2)cc1. The maximum atomic E-state index is 12.8. The number of rotatable bonds is 4. The molecule has 4 rings (SSSR count). The summed E-state index contributed by atoms with van der Waals surface area (Å²) in [6, 6.07) is 14.7. The lowest BCUT2D eigenvalue weighted by Gasteiger charge is -2.35. The van der Waals surface area contributed by atoms with Crippen LogP contribution in [-0.2, 0) is 0 Å². The summed E-state index contributed by atoms with van der Waals surface area (Å²) in [4.78, 5) is 25.6. The zero-order valence-corrected chi connectivity index (χ0v) is 17.9. The van der Waals surface area contributed by atoms with Gasteiger partial charge in [-0.05, 0) is 42.5 Å². The minimum absolute atomic E-state index is 0.0465. The van der Waals surface area contributed by atoms with Crippen molar-refractivity contribution < 1.29 is 9.53 Å². The lowest BCUT2D eigenvalue weighted by atomic mass is 10.1. The highest BCUT2D eigenvalue weighted by Gasteiger charge is 2.23. The molecule has 3 aromatic rings. The highest BCUT2D eigenvalue weighted by atomic mass is 35.5. The molecule has 1 saturated heterocycles. The quantitative estimate of drug-likeness (QED) is 0.598. The second kappa shape index (κ2) is 8.90. The topological polar surface area (TPSA) is 58.6 Å². The molecule has 6 nitrogen and oxygen atoms in total. The van der Waals surface area contributed by atoms with Crippen LogP contribution in [0.3, 0.4) is 0 Å². The third-order valence-corrected chi connectivity index (χ3v) is 5.83. The number of benzene rings is 2. The van der Waals surface area contributed by atoms with E-state index in [2.05, 4.69) is 14.9 Å². The summed E-state index contributed by atoms with van der Waals surface area (Å²) in [6.45, 7) is 2.57. The number of ether oxygens (including phenoxy) is 1. The van der Waals surface area contributed by atoms with Crippen molar-refractivity contribution in [3.63, 3.8) is 0 Å². The predicted octanol–water partition coefficient (Wildman–Crippen LogP) is 4.42. The molecule has 0 unspecified atom stereocenters. The van der Waals surface area contributed by atoms with E-state index >= 15 is 0 Å². The number of hydrogen-bond acceptors (Lipinski definition) is 5. The fourth-order valence-electron chi connectivity index (χ4n) is 3.39. The van der Waals surface area contributed by atoms with Crippen molar-refractivity contribution in [2.24, 2.45) is 0 Å². The number of halogens is 2. The van der Waals surface area contributed by atoms with Crippen LogP contribution in [0.25, 0.3) is 11.3 Å². The van der Waals surface area contributed by atoms with Crippen molar-refractivity contribution in [1.29, 1.82) is 0 Å². The summed E-state index contributed by atoms with van der Waals surface area (Å²) in [5, 5.41) is 0.822. The van der Waals surface area contributed by atoms with Gasteiger partial charge in [0.2, 0.25) is 0 Å². The van der Waals surface area contributed by atoms with Crippen LogP contribution in [0.5, 0.6) is 5.75 Å². The smallest absolute Gasteiger partial charge is 0.254 e. The van der Waals surface area contributed by atoms with Crippen LogP contribution in [0.15, 0.2) is 54.9 Å². The van der Waals surface area contributed by atoms with Crippen LogP contribution in [0.1, 0.15) is 10.4 Å². The summed E-state index contributed by atoms with van der Waals surface area (Å²) in [6.07, 6.45) is 1.57. The summed E-state index contributed by atoms with van der Waals surface area (Å²) in [7, 11) is 1.64. The molecule has 0 N–H and O–H groups in total. The van der Waals surface area contributed by atoms with E-state index < -0.39 is 0 Å². The minimum Gasteiger partial charge on any atom is -0.497 e. The van der Waals surface area contributed by atoms with Gasteiger partial charge in [-0.2, -0.15) is 0 Å². The van der Waals surface area contributed by atoms with Crippen molar-refractivity contribution in [2.45, 2.75) is 0 Å². The summed E-state index contributed by atoms with van der Waals surface area (Å²) >= 11 is 12.0. The summed E-state index contributed by atoms with van der Waals surface area (Å²) in [5.74, 6) is 1.60. The lowest BCUT2D eigenvalue weighted by molar-refractivity contribution is 0.0746. The Morgan fingerprint density at radius 2 is 1.67 bits per heavy atom. The Bertz CT molecular complexity index is 1050. The molecule has 0 atom stereocenters. The molecule has 2 aromatic carbocycles. The number of methoxy groups -OCH3 is 1. The molecular weight excluding hydrogens is 423 g/mol. The molecule has 1 aliphatic rings. The molecule has 154 valence electrons. The first-order valence-corrected chi connectivity index (χ1v) is 10.3. The Hall–Kier alpha value is -2.83. The van der Waals surface area contributed by atoms with Gasteiger partial charge in [0.15, 0.2) is 0 Å². The van der Waals surface area contributed by atoms with Crippen LogP contribution in [0.4, 0.5) is 5.82 Å². The highest BCUT2D eigenvalue weighted by molar-refractivity contribution is 6.42. The van der Waals surface area contributed by atoms with Crippen molar-refractivity contribution in [3.05, 3.63) is 70.5 Å². The number of amides is 1. The fraction of sp³-hybridized carbons (Fsp3) is 0.227. The molecule has 0 spiro atoms. The second-order valence-electron chi connectivity index (χ2n) is 6.90. The largest absolute Gasteiger partial charge is 0.497 e. The van der Waals surface area contributed by atoms with E-state index in [1.54, 1.807) is 31.6 Å². The van der Waals surface area contributed by atoms with Gasteiger partial charge >= 0.3 is 0 Å². The molecule has 1 fully saturated rings. The molecule has 0 saturated carbocycles. The number of nitrogens with zero attached hydrogens (tertiary/aromatic N) is 4. The standard InChI is InChI=1S/C22H20Cl2N4O2/c1-30-17-5-2-15(3-6-17)20-13-21(26-14-25-20)27-8-10-28(11-9-27)22(29)16-4-7-18(23)19(24)12-16/h2-7,12-14H,8-11H2,1H3. The van der Waals surface area contributed by atoms with Crippen molar-refractivity contribution in [1.82, 2.24) is 14.9 Å². The highest BCUT2D eigenvalue weighted by Crippen LogP contribution is 2.25. The van der Waals surface area contributed by atoms with Crippen LogP contribution >= 0.6 is 23.2 Å². The third-order valence-electron chi connectivity index (χ3n) is 5.10. The fourth-order valence-corrected chi connectivity index (χ4v) is 3.69. The normalized spacial score (nSPS) is 14.0.